The molecule has 0 aromatic heterocycles. The molecule has 0 saturated heterocycles. The monoisotopic (exact) mass is 340 g/mol. The van der Waals surface area contributed by atoms with Crippen LogP contribution in [0.3, 0.4) is 0 Å². The third-order valence-electron chi connectivity index (χ3n) is 3.69. The first-order valence-electron chi connectivity index (χ1n) is 7.80. The van der Waals surface area contributed by atoms with Gasteiger partial charge in [-0.2, -0.15) is 0 Å². The lowest BCUT2D eigenvalue weighted by atomic mass is 10.0. The molecule has 2 amide bonds. The average molecular weight is 340 g/mol. The number of hydrogen-bond acceptors (Lipinski definition) is 4. The van der Waals surface area contributed by atoms with Crippen LogP contribution in [-0.2, 0) is 16.0 Å². The number of benzene rings is 2. The van der Waals surface area contributed by atoms with Crippen LogP contribution in [0.15, 0.2) is 48.5 Å². The second kappa shape index (κ2) is 8.10. The second-order valence-electron chi connectivity index (χ2n) is 5.68. The van der Waals surface area contributed by atoms with Crippen molar-refractivity contribution < 1.29 is 19.1 Å². The van der Waals surface area contributed by atoms with Crippen molar-refractivity contribution in [2.75, 3.05) is 0 Å². The summed E-state index contributed by atoms with van der Waals surface area (Å²) in [7, 11) is 0. The molecular weight excluding hydrogens is 320 g/mol. The minimum Gasteiger partial charge on any atom is -0.427 e. The largest absolute Gasteiger partial charge is 0.427 e. The van der Waals surface area contributed by atoms with Gasteiger partial charge in [0.25, 0.3) is 5.91 Å². The summed E-state index contributed by atoms with van der Waals surface area (Å²) >= 11 is 0. The summed E-state index contributed by atoms with van der Waals surface area (Å²) in [5.41, 5.74) is 7.65. The molecule has 130 valence electrons. The Bertz CT molecular complexity index is 802. The van der Waals surface area contributed by atoms with Gasteiger partial charge in [0.1, 0.15) is 11.8 Å². The van der Waals surface area contributed by atoms with E-state index in [1.165, 1.54) is 13.0 Å². The van der Waals surface area contributed by atoms with Crippen molar-refractivity contribution in [3.63, 3.8) is 0 Å². The predicted molar refractivity (Wildman–Crippen MR) is 93.1 cm³/mol. The zero-order valence-electron chi connectivity index (χ0n) is 14.1. The van der Waals surface area contributed by atoms with E-state index < -0.39 is 23.8 Å². The van der Waals surface area contributed by atoms with E-state index in [0.29, 0.717) is 6.42 Å². The lowest BCUT2D eigenvalue weighted by molar-refractivity contribution is -0.131. The number of primary amides is 1. The van der Waals surface area contributed by atoms with Crippen molar-refractivity contribution in [2.45, 2.75) is 26.3 Å². The normalized spacial score (nSPS) is 11.4. The van der Waals surface area contributed by atoms with E-state index in [2.05, 4.69) is 5.32 Å². The highest BCUT2D eigenvalue weighted by atomic mass is 16.5. The Balaban J connectivity index is 2.14. The first-order valence-corrected chi connectivity index (χ1v) is 7.80. The molecule has 2 rings (SSSR count). The van der Waals surface area contributed by atoms with Gasteiger partial charge in [0.15, 0.2) is 0 Å². The molecule has 0 aliphatic carbocycles. The van der Waals surface area contributed by atoms with Crippen molar-refractivity contribution in [2.24, 2.45) is 5.73 Å². The first-order chi connectivity index (χ1) is 11.9. The van der Waals surface area contributed by atoms with Gasteiger partial charge in [0, 0.05) is 18.9 Å². The molecule has 0 aliphatic rings. The van der Waals surface area contributed by atoms with E-state index in [9.17, 15) is 14.4 Å². The maximum Gasteiger partial charge on any atom is 0.308 e. The van der Waals surface area contributed by atoms with Gasteiger partial charge in [-0.05, 0) is 36.2 Å². The highest BCUT2D eigenvalue weighted by Gasteiger charge is 2.20. The molecule has 3 N–H and O–H groups in total. The summed E-state index contributed by atoms with van der Waals surface area (Å²) in [6, 6.07) is 12.9. The standard InChI is InChI=1S/C19H20N2O4/c1-12-6-3-4-7-14(12)11-17(18(20)23)21-19(24)15-8-5-9-16(10-15)25-13(2)22/h3-10,17H,11H2,1-2H3,(H2,20,23)(H,21,24)/t17-/m1/s1. The van der Waals surface area contributed by atoms with Gasteiger partial charge in [-0.25, -0.2) is 0 Å². The Kier molecular flexibility index (Phi) is 5.89. The Morgan fingerprint density at radius 2 is 1.84 bits per heavy atom. The van der Waals surface area contributed by atoms with E-state index in [4.69, 9.17) is 10.5 Å². The van der Waals surface area contributed by atoms with Crippen LogP contribution in [0.25, 0.3) is 0 Å². The van der Waals surface area contributed by atoms with Crippen molar-refractivity contribution >= 4 is 17.8 Å². The van der Waals surface area contributed by atoms with Crippen LogP contribution in [0.5, 0.6) is 5.75 Å². The first kappa shape index (κ1) is 18.2. The topological polar surface area (TPSA) is 98.5 Å². The summed E-state index contributed by atoms with van der Waals surface area (Å²) in [4.78, 5) is 35.2. The summed E-state index contributed by atoms with van der Waals surface area (Å²) in [5.74, 6) is -1.30. The molecule has 0 saturated carbocycles. The molecular formula is C19H20N2O4. The van der Waals surface area contributed by atoms with Gasteiger partial charge in [0.05, 0.1) is 0 Å². The Hall–Kier alpha value is -3.15. The highest BCUT2D eigenvalue weighted by molar-refractivity contribution is 5.97. The van der Waals surface area contributed by atoms with Gasteiger partial charge >= 0.3 is 5.97 Å². The third kappa shape index (κ3) is 5.17. The van der Waals surface area contributed by atoms with Gasteiger partial charge in [0.2, 0.25) is 5.91 Å². The maximum absolute atomic E-state index is 12.4. The average Bonchev–Trinajstić information content (AvgIpc) is 2.55. The number of nitrogens with one attached hydrogen (secondary N) is 1. The molecule has 0 heterocycles. The zero-order chi connectivity index (χ0) is 18.4. The predicted octanol–water partition coefficient (Wildman–Crippen LogP) is 1.75. The minimum atomic E-state index is -0.842. The van der Waals surface area contributed by atoms with E-state index >= 15 is 0 Å². The molecule has 1 atom stereocenters. The van der Waals surface area contributed by atoms with E-state index in [1.807, 2.05) is 31.2 Å². The Labute approximate surface area is 146 Å². The number of rotatable bonds is 6. The fraction of sp³-hybridized carbons (Fsp3) is 0.211. The molecule has 6 nitrogen and oxygen atoms in total. The lowest BCUT2D eigenvalue weighted by Gasteiger charge is -2.17. The van der Waals surface area contributed by atoms with E-state index in [0.717, 1.165) is 11.1 Å². The van der Waals surface area contributed by atoms with Crippen molar-refractivity contribution in [1.82, 2.24) is 5.32 Å². The number of hydrogen-bond donors (Lipinski definition) is 2. The van der Waals surface area contributed by atoms with Crippen molar-refractivity contribution in [3.05, 3.63) is 65.2 Å². The van der Waals surface area contributed by atoms with Gasteiger partial charge < -0.3 is 15.8 Å². The molecule has 0 fully saturated rings. The second-order valence-corrected chi connectivity index (χ2v) is 5.68. The fourth-order valence-corrected chi connectivity index (χ4v) is 2.39. The fourth-order valence-electron chi connectivity index (χ4n) is 2.39. The summed E-state index contributed by atoms with van der Waals surface area (Å²) < 4.78 is 4.96. The number of nitrogens with two attached hydrogens (primary N) is 1. The maximum atomic E-state index is 12.4. The lowest BCUT2D eigenvalue weighted by Crippen LogP contribution is -2.46. The zero-order valence-corrected chi connectivity index (χ0v) is 14.1. The summed E-state index contributed by atoms with van der Waals surface area (Å²) in [5, 5.41) is 2.64. The Morgan fingerprint density at radius 3 is 2.48 bits per heavy atom. The number of ether oxygens (including phenoxy) is 1. The van der Waals surface area contributed by atoms with Gasteiger partial charge in [-0.1, -0.05) is 30.3 Å². The van der Waals surface area contributed by atoms with Gasteiger partial charge in [-0.15, -0.1) is 0 Å². The van der Waals surface area contributed by atoms with Crippen LogP contribution in [0.4, 0.5) is 0 Å². The summed E-state index contributed by atoms with van der Waals surface area (Å²) in [6.45, 7) is 3.20. The van der Waals surface area contributed by atoms with Crippen LogP contribution in [0.1, 0.15) is 28.4 Å². The number of carbonyl (C=O) groups excluding carboxylic acids is 3. The van der Waals surface area contributed by atoms with E-state index in [1.54, 1.807) is 18.2 Å². The number of aryl methyl sites for hydroxylation is 1. The van der Waals surface area contributed by atoms with E-state index in [-0.39, 0.29) is 11.3 Å². The molecule has 0 radical (unpaired) electrons. The molecule has 6 heteroatoms. The van der Waals surface area contributed by atoms with Crippen LogP contribution >= 0.6 is 0 Å². The summed E-state index contributed by atoms with van der Waals surface area (Å²) in [6.07, 6.45) is 0.303. The highest BCUT2D eigenvalue weighted by Crippen LogP contribution is 2.14. The van der Waals surface area contributed by atoms with Crippen molar-refractivity contribution in [1.29, 1.82) is 0 Å². The van der Waals surface area contributed by atoms with Crippen LogP contribution in [0.2, 0.25) is 0 Å². The molecule has 2 aromatic carbocycles. The quantitative estimate of drug-likeness (QED) is 0.618. The molecule has 0 bridgehead atoms. The number of amides is 2. The SMILES string of the molecule is CC(=O)Oc1cccc(C(=O)N[C@H](Cc2ccccc2C)C(N)=O)c1. The Morgan fingerprint density at radius 1 is 1.12 bits per heavy atom. The number of esters is 1. The molecule has 0 unspecified atom stereocenters. The molecule has 2 aromatic rings. The number of carbonyl (C=O) groups is 3. The smallest absolute Gasteiger partial charge is 0.308 e. The van der Waals surface area contributed by atoms with Crippen LogP contribution in [-0.4, -0.2) is 23.8 Å². The molecule has 25 heavy (non-hydrogen) atoms. The van der Waals surface area contributed by atoms with Crippen LogP contribution < -0.4 is 15.8 Å². The molecule has 0 aliphatic heterocycles. The van der Waals surface area contributed by atoms with Crippen molar-refractivity contribution in [3.8, 4) is 5.75 Å². The van der Waals surface area contributed by atoms with Crippen LogP contribution in [0, 0.1) is 6.92 Å². The third-order valence-corrected chi connectivity index (χ3v) is 3.69. The molecule has 0 spiro atoms. The van der Waals surface area contributed by atoms with Gasteiger partial charge in [-0.3, -0.25) is 14.4 Å². The minimum absolute atomic E-state index is 0.259.